The van der Waals surface area contributed by atoms with Crippen LogP contribution in [0.3, 0.4) is 0 Å². The fourth-order valence-electron chi connectivity index (χ4n) is 3.65. The number of nitrogens with zero attached hydrogens (tertiary/aromatic N) is 5. The summed E-state index contributed by atoms with van der Waals surface area (Å²) in [5, 5.41) is 9.72. The minimum absolute atomic E-state index is 0.476. The summed E-state index contributed by atoms with van der Waals surface area (Å²) in [6, 6.07) is 0.476. The van der Waals surface area contributed by atoms with Gasteiger partial charge in [-0.05, 0) is 40.8 Å². The van der Waals surface area contributed by atoms with Crippen molar-refractivity contribution in [3.8, 4) is 0 Å². The molecule has 2 fully saturated rings. The molecule has 0 radical (unpaired) electrons. The van der Waals surface area contributed by atoms with Gasteiger partial charge in [-0.25, -0.2) is 4.98 Å². The van der Waals surface area contributed by atoms with Gasteiger partial charge in [0.1, 0.15) is 5.82 Å². The van der Waals surface area contributed by atoms with Gasteiger partial charge in [0.25, 0.3) is 0 Å². The van der Waals surface area contributed by atoms with E-state index in [9.17, 15) is 9.90 Å². The van der Waals surface area contributed by atoms with Gasteiger partial charge in [-0.15, -0.1) is 0 Å². The third kappa shape index (κ3) is 4.16. The van der Waals surface area contributed by atoms with Gasteiger partial charge in [-0.3, -0.25) is 4.79 Å². The van der Waals surface area contributed by atoms with Crippen molar-refractivity contribution >= 4 is 17.7 Å². The average molecular weight is 377 g/mol. The Balaban J connectivity index is 1.96. The molecule has 3 heterocycles. The van der Waals surface area contributed by atoms with E-state index in [1.807, 2.05) is 0 Å². The Morgan fingerprint density at radius 2 is 1.96 bits per heavy atom. The van der Waals surface area contributed by atoms with Crippen LogP contribution in [0.15, 0.2) is 6.20 Å². The maximum Gasteiger partial charge on any atom is 0.313 e. The Hall–Kier alpha value is -1.93. The lowest BCUT2D eigenvalue weighted by Crippen LogP contribution is -2.46. The zero-order chi connectivity index (χ0) is 19.6. The van der Waals surface area contributed by atoms with Crippen molar-refractivity contribution in [1.82, 2.24) is 14.9 Å². The van der Waals surface area contributed by atoms with Crippen molar-refractivity contribution in [3.63, 3.8) is 0 Å². The van der Waals surface area contributed by atoms with E-state index in [2.05, 4.69) is 33.8 Å². The topological polar surface area (TPSA) is 82.0 Å². The molecule has 1 atom stereocenters. The first-order valence-electron chi connectivity index (χ1n) is 9.65. The monoisotopic (exact) mass is 377 g/mol. The lowest BCUT2D eigenvalue weighted by atomic mass is 9.85. The average Bonchev–Trinajstić information content (AvgIpc) is 2.68. The number of likely N-dealkylation sites (N-methyl/N-ethyl adjacent to an activating group) is 1. The fraction of sp³-hybridized carbons (Fsp3) is 0.737. The van der Waals surface area contributed by atoms with Gasteiger partial charge >= 0.3 is 5.97 Å². The first kappa shape index (κ1) is 19.8. The second-order valence-electron chi connectivity index (χ2n) is 8.14. The molecular formula is C19H31N5O3. The molecule has 8 heteroatoms. The van der Waals surface area contributed by atoms with Crippen molar-refractivity contribution < 1.29 is 14.6 Å². The molecule has 0 unspecified atom stereocenters. The number of carbonyl (C=O) groups is 1. The van der Waals surface area contributed by atoms with Gasteiger partial charge < -0.3 is 24.5 Å². The molecule has 0 aromatic carbocycles. The number of aliphatic carboxylic acids is 1. The van der Waals surface area contributed by atoms with Crippen molar-refractivity contribution in [3.05, 3.63) is 11.8 Å². The van der Waals surface area contributed by atoms with E-state index in [0.717, 1.165) is 25.3 Å². The summed E-state index contributed by atoms with van der Waals surface area (Å²) in [6.07, 6.45) is 3.98. The Kier molecular flexibility index (Phi) is 5.86. The summed E-state index contributed by atoms with van der Waals surface area (Å²) in [6.45, 7) is 7.89. The van der Waals surface area contributed by atoms with Crippen LogP contribution in [0.1, 0.15) is 32.3 Å². The van der Waals surface area contributed by atoms with E-state index in [4.69, 9.17) is 9.72 Å². The Morgan fingerprint density at radius 1 is 1.26 bits per heavy atom. The molecule has 1 aromatic rings. The molecule has 2 aliphatic rings. The number of piperidine rings is 1. The van der Waals surface area contributed by atoms with E-state index in [-0.39, 0.29) is 0 Å². The van der Waals surface area contributed by atoms with Gasteiger partial charge in [0.2, 0.25) is 5.95 Å². The van der Waals surface area contributed by atoms with E-state index >= 15 is 0 Å². The Morgan fingerprint density at radius 3 is 2.59 bits per heavy atom. The van der Waals surface area contributed by atoms with Crippen molar-refractivity contribution in [2.45, 2.75) is 38.1 Å². The number of anilines is 2. The van der Waals surface area contributed by atoms with E-state index in [1.54, 1.807) is 20.0 Å². The molecular weight excluding hydrogens is 346 g/mol. The molecule has 2 aliphatic heterocycles. The number of hydrogen-bond acceptors (Lipinski definition) is 7. The second kappa shape index (κ2) is 7.98. The summed E-state index contributed by atoms with van der Waals surface area (Å²) in [5.74, 6) is 0.537. The first-order chi connectivity index (χ1) is 12.8. The van der Waals surface area contributed by atoms with Crippen molar-refractivity contribution in [2.24, 2.45) is 0 Å². The molecule has 0 aliphatic carbocycles. The van der Waals surface area contributed by atoms with E-state index in [1.165, 1.54) is 6.42 Å². The zero-order valence-corrected chi connectivity index (χ0v) is 16.8. The van der Waals surface area contributed by atoms with E-state index in [0.29, 0.717) is 43.9 Å². The van der Waals surface area contributed by atoms with Crippen LogP contribution in [0.5, 0.6) is 0 Å². The summed E-state index contributed by atoms with van der Waals surface area (Å²) >= 11 is 0. The molecule has 0 spiro atoms. The minimum Gasteiger partial charge on any atom is -0.481 e. The predicted molar refractivity (Wildman–Crippen MR) is 105 cm³/mol. The van der Waals surface area contributed by atoms with Crippen LogP contribution in [0.2, 0.25) is 0 Å². The maximum atomic E-state index is 11.8. The van der Waals surface area contributed by atoms with Crippen LogP contribution in [-0.4, -0.2) is 85.5 Å². The highest BCUT2D eigenvalue weighted by Gasteiger charge is 2.36. The summed E-state index contributed by atoms with van der Waals surface area (Å²) in [7, 11) is 4.21. The molecule has 1 N–H and O–H groups in total. The number of hydrogen-bond donors (Lipinski definition) is 1. The van der Waals surface area contributed by atoms with Crippen LogP contribution < -0.4 is 9.80 Å². The SMILES string of the molecule is CN(C)[C@H]1CCCN(c2ncc(C(C)(C)C(=O)O)c(N3CCOCC3)n2)C1. The van der Waals surface area contributed by atoms with Crippen molar-refractivity contribution in [1.29, 1.82) is 0 Å². The van der Waals surface area contributed by atoms with Crippen LogP contribution in [-0.2, 0) is 14.9 Å². The normalized spacial score (nSPS) is 21.6. The van der Waals surface area contributed by atoms with Gasteiger partial charge in [-0.1, -0.05) is 0 Å². The van der Waals surface area contributed by atoms with Crippen LogP contribution in [0.25, 0.3) is 0 Å². The molecule has 27 heavy (non-hydrogen) atoms. The maximum absolute atomic E-state index is 11.8. The second-order valence-corrected chi connectivity index (χ2v) is 8.14. The third-order valence-electron chi connectivity index (χ3n) is 5.68. The van der Waals surface area contributed by atoms with Gasteiger partial charge in [0.05, 0.1) is 18.6 Å². The highest BCUT2D eigenvalue weighted by atomic mass is 16.5. The smallest absolute Gasteiger partial charge is 0.313 e. The van der Waals surface area contributed by atoms with Crippen LogP contribution in [0.4, 0.5) is 11.8 Å². The number of carboxylic acid groups (broad SMARTS) is 1. The summed E-state index contributed by atoms with van der Waals surface area (Å²) < 4.78 is 5.46. The molecule has 1 aromatic heterocycles. The molecule has 0 amide bonds. The number of carboxylic acids is 1. The number of rotatable bonds is 5. The first-order valence-corrected chi connectivity index (χ1v) is 9.65. The van der Waals surface area contributed by atoms with Crippen LogP contribution >= 0.6 is 0 Å². The molecule has 0 bridgehead atoms. The summed E-state index contributed by atoms with van der Waals surface area (Å²) in [5.41, 5.74) is -0.401. The number of aromatic nitrogens is 2. The standard InChI is InChI=1S/C19H31N5O3/c1-19(2,17(25)26)15-12-20-18(21-16(15)23-8-10-27-11-9-23)24-7-5-6-14(13-24)22(3)4/h12,14H,5-11,13H2,1-4H3,(H,25,26)/t14-/m0/s1. The Labute approximate surface area is 161 Å². The molecule has 150 valence electrons. The fourth-order valence-corrected chi connectivity index (χ4v) is 3.65. The largest absolute Gasteiger partial charge is 0.481 e. The van der Waals surface area contributed by atoms with Crippen LogP contribution in [0, 0.1) is 0 Å². The lowest BCUT2D eigenvalue weighted by Gasteiger charge is -2.37. The summed E-state index contributed by atoms with van der Waals surface area (Å²) in [4.78, 5) is 27.9. The number of morpholine rings is 1. The molecule has 2 saturated heterocycles. The minimum atomic E-state index is -1.06. The molecule has 8 nitrogen and oxygen atoms in total. The Bertz CT molecular complexity index is 673. The zero-order valence-electron chi connectivity index (χ0n) is 16.8. The van der Waals surface area contributed by atoms with E-state index < -0.39 is 11.4 Å². The third-order valence-corrected chi connectivity index (χ3v) is 5.68. The van der Waals surface area contributed by atoms with Crippen molar-refractivity contribution in [2.75, 3.05) is 63.3 Å². The van der Waals surface area contributed by atoms with Gasteiger partial charge in [0, 0.05) is 44.0 Å². The molecule has 3 rings (SSSR count). The predicted octanol–water partition coefficient (Wildman–Crippen LogP) is 1.21. The van der Waals surface area contributed by atoms with Gasteiger partial charge in [0.15, 0.2) is 0 Å². The number of ether oxygens (including phenoxy) is 1. The molecule has 0 saturated carbocycles. The highest BCUT2D eigenvalue weighted by Crippen LogP contribution is 2.33. The quantitative estimate of drug-likeness (QED) is 0.820. The highest BCUT2D eigenvalue weighted by molar-refractivity contribution is 5.82. The van der Waals surface area contributed by atoms with Gasteiger partial charge in [-0.2, -0.15) is 4.98 Å². The lowest BCUT2D eigenvalue weighted by molar-refractivity contribution is -0.142.